The molecule has 1 aliphatic rings. The maximum Gasteiger partial charge on any atom is 0.274 e. The summed E-state index contributed by atoms with van der Waals surface area (Å²) in [4.78, 5) is 2.18. The van der Waals surface area contributed by atoms with Crippen LogP contribution >= 0.6 is 0 Å². The minimum Gasteiger partial charge on any atom is -0.302 e. The molecule has 0 bridgehead atoms. The van der Waals surface area contributed by atoms with Gasteiger partial charge in [-0.15, -0.1) is 0 Å². The van der Waals surface area contributed by atoms with Crippen LogP contribution < -0.4 is 9.86 Å². The van der Waals surface area contributed by atoms with Crippen LogP contribution in [0.25, 0.3) is 0 Å². The van der Waals surface area contributed by atoms with E-state index in [1.807, 2.05) is 0 Å². The SMILES string of the molecule is CCN1CCC(NS(N)(=O)=O)C1. The van der Waals surface area contributed by atoms with Crippen LogP contribution in [0.15, 0.2) is 0 Å². The number of likely N-dealkylation sites (tertiary alicyclic amines) is 1. The second-order valence-corrected chi connectivity index (χ2v) is 4.37. The first-order chi connectivity index (χ1) is 5.51. The quantitative estimate of drug-likeness (QED) is 0.596. The van der Waals surface area contributed by atoms with E-state index in [-0.39, 0.29) is 6.04 Å². The van der Waals surface area contributed by atoms with Crippen molar-refractivity contribution < 1.29 is 8.42 Å². The van der Waals surface area contributed by atoms with Gasteiger partial charge in [-0.3, -0.25) is 0 Å². The molecule has 72 valence electrons. The number of hydrogen-bond donors (Lipinski definition) is 2. The van der Waals surface area contributed by atoms with Crippen molar-refractivity contribution in [2.75, 3.05) is 19.6 Å². The Morgan fingerprint density at radius 1 is 1.67 bits per heavy atom. The fourth-order valence-corrected chi connectivity index (χ4v) is 2.11. The molecule has 0 spiro atoms. The number of hydrogen-bond acceptors (Lipinski definition) is 3. The van der Waals surface area contributed by atoms with Gasteiger partial charge in [-0.2, -0.15) is 13.1 Å². The van der Waals surface area contributed by atoms with Crippen molar-refractivity contribution in [3.05, 3.63) is 0 Å². The minimum absolute atomic E-state index is 0.0000463. The lowest BCUT2D eigenvalue weighted by atomic mass is 10.3. The third-order valence-electron chi connectivity index (χ3n) is 2.05. The third-order valence-corrected chi connectivity index (χ3v) is 2.71. The fourth-order valence-electron chi connectivity index (χ4n) is 1.45. The van der Waals surface area contributed by atoms with E-state index in [1.165, 1.54) is 0 Å². The van der Waals surface area contributed by atoms with Crippen molar-refractivity contribution in [1.29, 1.82) is 0 Å². The van der Waals surface area contributed by atoms with Crippen molar-refractivity contribution in [2.45, 2.75) is 19.4 Å². The van der Waals surface area contributed by atoms with Crippen molar-refractivity contribution in [2.24, 2.45) is 5.14 Å². The molecule has 12 heavy (non-hydrogen) atoms. The Bertz CT molecular complexity index is 239. The summed E-state index contributed by atoms with van der Waals surface area (Å²) in [6.45, 7) is 4.73. The number of rotatable bonds is 3. The summed E-state index contributed by atoms with van der Waals surface area (Å²) in [6, 6.07) is -0.0000463. The summed E-state index contributed by atoms with van der Waals surface area (Å²) in [6.07, 6.45) is 0.851. The van der Waals surface area contributed by atoms with Crippen LogP contribution in [0.2, 0.25) is 0 Å². The Morgan fingerprint density at radius 3 is 2.75 bits per heavy atom. The van der Waals surface area contributed by atoms with Crippen molar-refractivity contribution >= 4 is 10.2 Å². The van der Waals surface area contributed by atoms with Crippen LogP contribution in [0.1, 0.15) is 13.3 Å². The zero-order valence-corrected chi connectivity index (χ0v) is 7.97. The van der Waals surface area contributed by atoms with E-state index in [9.17, 15) is 8.42 Å². The highest BCUT2D eigenvalue weighted by Gasteiger charge is 2.23. The maximum absolute atomic E-state index is 10.6. The average molecular weight is 193 g/mol. The van der Waals surface area contributed by atoms with E-state index < -0.39 is 10.2 Å². The Labute approximate surface area is 73.1 Å². The number of nitrogens with zero attached hydrogens (tertiary/aromatic N) is 1. The van der Waals surface area contributed by atoms with Gasteiger partial charge in [0.2, 0.25) is 0 Å². The van der Waals surface area contributed by atoms with E-state index in [1.54, 1.807) is 0 Å². The van der Waals surface area contributed by atoms with Gasteiger partial charge in [0.05, 0.1) is 0 Å². The summed E-state index contributed by atoms with van der Waals surface area (Å²) in [5.74, 6) is 0. The predicted molar refractivity (Wildman–Crippen MR) is 46.8 cm³/mol. The molecule has 0 aromatic carbocycles. The summed E-state index contributed by atoms with van der Waals surface area (Å²) in [5, 5.41) is 4.84. The minimum atomic E-state index is -3.52. The monoisotopic (exact) mass is 193 g/mol. The van der Waals surface area contributed by atoms with Gasteiger partial charge in [-0.1, -0.05) is 6.92 Å². The highest BCUT2D eigenvalue weighted by atomic mass is 32.2. The molecule has 5 nitrogen and oxygen atoms in total. The molecule has 1 saturated heterocycles. The second kappa shape index (κ2) is 3.69. The van der Waals surface area contributed by atoms with E-state index in [4.69, 9.17) is 5.14 Å². The first kappa shape index (κ1) is 9.91. The number of likely N-dealkylation sites (N-methyl/N-ethyl adjacent to an activating group) is 1. The topological polar surface area (TPSA) is 75.4 Å². The highest BCUT2D eigenvalue weighted by molar-refractivity contribution is 7.87. The van der Waals surface area contributed by atoms with E-state index >= 15 is 0 Å². The Hall–Kier alpha value is -0.170. The fraction of sp³-hybridized carbons (Fsp3) is 1.00. The lowest BCUT2D eigenvalue weighted by Crippen LogP contribution is -2.40. The van der Waals surface area contributed by atoms with Crippen molar-refractivity contribution in [3.8, 4) is 0 Å². The Morgan fingerprint density at radius 2 is 2.33 bits per heavy atom. The molecule has 0 amide bonds. The van der Waals surface area contributed by atoms with Crippen LogP contribution in [-0.2, 0) is 10.2 Å². The highest BCUT2D eigenvalue weighted by Crippen LogP contribution is 2.08. The smallest absolute Gasteiger partial charge is 0.274 e. The molecule has 6 heteroatoms. The summed E-state index contributed by atoms with van der Waals surface area (Å²) in [7, 11) is -3.52. The molecule has 0 aliphatic carbocycles. The molecule has 0 aromatic rings. The van der Waals surface area contributed by atoms with Gasteiger partial charge in [0.15, 0.2) is 0 Å². The van der Waals surface area contributed by atoms with Crippen molar-refractivity contribution in [3.63, 3.8) is 0 Å². The standard InChI is InChI=1S/C6H15N3O2S/c1-2-9-4-3-6(5-9)8-12(7,10)11/h6,8H,2-5H2,1H3,(H2,7,10,11). The summed E-state index contributed by atoms with van der Waals surface area (Å²) in [5.41, 5.74) is 0. The van der Waals surface area contributed by atoms with E-state index in [0.29, 0.717) is 0 Å². The molecule has 0 radical (unpaired) electrons. The second-order valence-electron chi connectivity index (χ2n) is 3.04. The molecule has 1 rings (SSSR count). The molecule has 1 atom stereocenters. The first-order valence-corrected chi connectivity index (χ1v) is 5.58. The maximum atomic E-state index is 10.6. The Kier molecular flexibility index (Phi) is 3.05. The summed E-state index contributed by atoms with van der Waals surface area (Å²) >= 11 is 0. The molecule has 0 aromatic heterocycles. The van der Waals surface area contributed by atoms with Crippen molar-refractivity contribution in [1.82, 2.24) is 9.62 Å². The molecule has 0 saturated carbocycles. The first-order valence-electron chi connectivity index (χ1n) is 4.03. The van der Waals surface area contributed by atoms with Gasteiger partial charge in [0.25, 0.3) is 10.2 Å². The van der Waals surface area contributed by atoms with Gasteiger partial charge in [0.1, 0.15) is 0 Å². The van der Waals surface area contributed by atoms with Crippen LogP contribution in [0.3, 0.4) is 0 Å². The van der Waals surface area contributed by atoms with Crippen LogP contribution in [0.5, 0.6) is 0 Å². The van der Waals surface area contributed by atoms with Gasteiger partial charge in [-0.25, -0.2) is 5.14 Å². The van der Waals surface area contributed by atoms with Gasteiger partial charge >= 0.3 is 0 Å². The molecule has 3 N–H and O–H groups in total. The molecular weight excluding hydrogens is 178 g/mol. The predicted octanol–water partition coefficient (Wildman–Crippen LogP) is -1.13. The zero-order valence-electron chi connectivity index (χ0n) is 7.16. The molecular formula is C6H15N3O2S. The van der Waals surface area contributed by atoms with Crippen LogP contribution in [-0.4, -0.2) is 39.0 Å². The number of nitrogens with one attached hydrogen (secondary N) is 1. The Balaban J connectivity index is 2.38. The van der Waals surface area contributed by atoms with Crippen LogP contribution in [0, 0.1) is 0 Å². The number of nitrogens with two attached hydrogens (primary N) is 1. The lowest BCUT2D eigenvalue weighted by molar-refractivity contribution is 0.351. The third kappa shape index (κ3) is 3.06. The van der Waals surface area contributed by atoms with Gasteiger partial charge in [-0.05, 0) is 19.5 Å². The normalized spacial score (nSPS) is 26.3. The van der Waals surface area contributed by atoms with E-state index in [2.05, 4.69) is 16.5 Å². The largest absolute Gasteiger partial charge is 0.302 e. The lowest BCUT2D eigenvalue weighted by Gasteiger charge is -2.12. The molecule has 1 fully saturated rings. The molecule has 1 unspecified atom stereocenters. The molecule has 1 aliphatic heterocycles. The van der Waals surface area contributed by atoms with Crippen LogP contribution in [0.4, 0.5) is 0 Å². The van der Waals surface area contributed by atoms with Gasteiger partial charge in [0, 0.05) is 12.6 Å². The summed E-state index contributed by atoms with van der Waals surface area (Å²) < 4.78 is 23.7. The van der Waals surface area contributed by atoms with E-state index in [0.717, 1.165) is 26.1 Å². The van der Waals surface area contributed by atoms with Gasteiger partial charge < -0.3 is 4.90 Å². The average Bonchev–Trinajstić information content (AvgIpc) is 2.32. The molecule has 1 heterocycles. The zero-order chi connectivity index (χ0) is 9.19.